The van der Waals surface area contributed by atoms with E-state index in [9.17, 15) is 51.3 Å². The van der Waals surface area contributed by atoms with E-state index in [2.05, 4.69) is 0 Å². The summed E-state index contributed by atoms with van der Waals surface area (Å²) in [4.78, 5) is 28.2. The zero-order valence-corrected chi connectivity index (χ0v) is 29.0. The monoisotopic (exact) mass is 753 g/mol. The standard InChI is InChI=1S/C41H37F6NO6/c1-2-23(16-24-13-15-34(50)31-11-7-6-10-30(24)31)12-14-35(51)36-25(22-54-29-8-4-3-5-9-29)17-32-37(33(36)21-49)39(53)48(38(32)52)28-19-26(40(42,43)44)18-27(20-28)41(45,46)47/h3-11,13,15-16,18-20,32-33,35,37,49-51H,2,12,14,17,21-22H2,1H3/b23-16+/t32-,33+,35-,37-/m1/s1. The number of hydrogen-bond donors (Lipinski definition) is 3. The first kappa shape index (κ1) is 38.6. The van der Waals surface area contributed by atoms with E-state index >= 15 is 0 Å². The van der Waals surface area contributed by atoms with Crippen LogP contribution in [0, 0.1) is 17.8 Å². The number of phenols is 1. The average Bonchev–Trinajstić information content (AvgIpc) is 3.40. The number of ether oxygens (including phenoxy) is 1. The van der Waals surface area contributed by atoms with E-state index in [0.717, 1.165) is 16.5 Å². The van der Waals surface area contributed by atoms with Crippen molar-refractivity contribution in [2.24, 2.45) is 17.8 Å². The van der Waals surface area contributed by atoms with Gasteiger partial charge in [-0.1, -0.05) is 67.1 Å². The summed E-state index contributed by atoms with van der Waals surface area (Å²) < 4.78 is 88.5. The maximum absolute atomic E-state index is 14.0. The number of allylic oxidation sites excluding steroid dienone is 1. The molecule has 0 spiro atoms. The highest BCUT2D eigenvalue weighted by molar-refractivity contribution is 6.22. The van der Waals surface area contributed by atoms with Gasteiger partial charge in [-0.25, -0.2) is 4.90 Å². The number of phenolic OH excluding ortho intramolecular Hbond substituents is 1. The number of nitrogens with zero attached hydrogens (tertiary/aromatic N) is 1. The van der Waals surface area contributed by atoms with Crippen molar-refractivity contribution < 1.29 is 56.0 Å². The fourth-order valence-corrected chi connectivity index (χ4v) is 7.58. The van der Waals surface area contributed by atoms with Gasteiger partial charge in [-0.3, -0.25) is 9.59 Å². The minimum atomic E-state index is -5.22. The van der Waals surface area contributed by atoms with Crippen molar-refractivity contribution in [3.05, 3.63) is 118 Å². The van der Waals surface area contributed by atoms with Gasteiger partial charge in [0, 0.05) is 11.3 Å². The van der Waals surface area contributed by atoms with Gasteiger partial charge in [-0.15, -0.1) is 0 Å². The van der Waals surface area contributed by atoms with Crippen LogP contribution in [0.25, 0.3) is 16.8 Å². The number of aliphatic hydroxyl groups is 2. The number of benzene rings is 4. The second kappa shape index (κ2) is 15.3. The van der Waals surface area contributed by atoms with Crippen LogP contribution in [0.2, 0.25) is 0 Å². The first-order valence-electron chi connectivity index (χ1n) is 17.4. The molecule has 13 heteroatoms. The normalized spacial score (nSPS) is 20.1. The van der Waals surface area contributed by atoms with E-state index in [4.69, 9.17) is 4.74 Å². The van der Waals surface area contributed by atoms with Crippen LogP contribution in [0.5, 0.6) is 11.5 Å². The molecular formula is C41H37F6NO6. The van der Waals surface area contributed by atoms with Crippen LogP contribution in [-0.2, 0) is 21.9 Å². The van der Waals surface area contributed by atoms with Gasteiger partial charge >= 0.3 is 12.4 Å². The predicted octanol–water partition coefficient (Wildman–Crippen LogP) is 8.71. The summed E-state index contributed by atoms with van der Waals surface area (Å²) in [5, 5.41) is 34.4. The minimum absolute atomic E-state index is 0.0870. The van der Waals surface area contributed by atoms with Crippen molar-refractivity contribution in [1.82, 2.24) is 0 Å². The SMILES string of the molecule is CC/C(=C\c1ccc(O)c2ccccc12)CC[C@@H](O)C1=C(COc2ccccc2)C[C@H]2C(=O)N(c3cc(C(F)(F)F)cc(C(F)(F)F)c3)C(=O)[C@H]2[C@H]1CO. The molecular weight excluding hydrogens is 716 g/mol. The van der Waals surface area contributed by atoms with Gasteiger partial charge in [0.25, 0.3) is 0 Å². The molecule has 2 amide bonds. The van der Waals surface area contributed by atoms with Gasteiger partial charge in [0.2, 0.25) is 11.8 Å². The zero-order valence-electron chi connectivity index (χ0n) is 29.0. The van der Waals surface area contributed by atoms with E-state index in [1.165, 1.54) is 0 Å². The van der Waals surface area contributed by atoms with Crippen LogP contribution in [0.1, 0.15) is 49.3 Å². The molecule has 0 aromatic heterocycles. The van der Waals surface area contributed by atoms with Crippen LogP contribution in [0.3, 0.4) is 0 Å². The molecule has 6 rings (SSSR count). The fraction of sp³-hybridized carbons (Fsp3) is 0.317. The molecule has 7 nitrogen and oxygen atoms in total. The second-order valence-corrected chi connectivity index (χ2v) is 13.5. The van der Waals surface area contributed by atoms with Crippen molar-refractivity contribution in [1.29, 1.82) is 0 Å². The molecule has 284 valence electrons. The first-order chi connectivity index (χ1) is 25.6. The number of carbonyl (C=O) groups is 2. The maximum atomic E-state index is 14.0. The second-order valence-electron chi connectivity index (χ2n) is 13.5. The van der Waals surface area contributed by atoms with Crippen molar-refractivity contribution in [3.8, 4) is 11.5 Å². The third-order valence-corrected chi connectivity index (χ3v) is 10.2. The number of imide groups is 1. The third-order valence-electron chi connectivity index (χ3n) is 10.2. The number of aromatic hydroxyl groups is 1. The number of alkyl halides is 6. The molecule has 1 aliphatic carbocycles. The van der Waals surface area contributed by atoms with Gasteiger partial charge in [0.15, 0.2) is 0 Å². The lowest BCUT2D eigenvalue weighted by Gasteiger charge is -2.36. The lowest BCUT2D eigenvalue weighted by molar-refractivity contribution is -0.143. The summed E-state index contributed by atoms with van der Waals surface area (Å²) in [5.41, 5.74) is -1.85. The Bertz CT molecular complexity index is 2080. The molecule has 0 radical (unpaired) electrons. The number of carbonyl (C=O) groups excluding carboxylic acids is 2. The lowest BCUT2D eigenvalue weighted by Crippen LogP contribution is -2.40. The molecule has 2 aliphatic rings. The van der Waals surface area contributed by atoms with Crippen LogP contribution < -0.4 is 9.64 Å². The Balaban J connectivity index is 1.35. The lowest BCUT2D eigenvalue weighted by atomic mass is 9.68. The van der Waals surface area contributed by atoms with Gasteiger partial charge in [0.1, 0.15) is 18.1 Å². The Labute approximate surface area is 306 Å². The minimum Gasteiger partial charge on any atom is -0.507 e. The molecule has 1 saturated heterocycles. The molecule has 0 unspecified atom stereocenters. The molecule has 1 fully saturated rings. The number of aliphatic hydroxyl groups excluding tert-OH is 2. The van der Waals surface area contributed by atoms with Crippen molar-refractivity contribution in [2.75, 3.05) is 18.1 Å². The molecule has 54 heavy (non-hydrogen) atoms. The summed E-state index contributed by atoms with van der Waals surface area (Å²) in [6.45, 7) is 1.02. The molecule has 0 bridgehead atoms. The number of rotatable bonds is 11. The number of halogens is 6. The van der Waals surface area contributed by atoms with Crippen LogP contribution in [0.15, 0.2) is 102 Å². The molecule has 4 atom stereocenters. The molecule has 1 heterocycles. The Morgan fingerprint density at radius 1 is 0.889 bits per heavy atom. The number of amides is 2. The molecule has 0 saturated carbocycles. The summed E-state index contributed by atoms with van der Waals surface area (Å²) in [6, 6.07) is 19.9. The number of fused-ring (bicyclic) bond motifs is 2. The average molecular weight is 754 g/mol. The predicted molar refractivity (Wildman–Crippen MR) is 189 cm³/mol. The highest BCUT2D eigenvalue weighted by atomic mass is 19.4. The summed E-state index contributed by atoms with van der Waals surface area (Å²) in [5.74, 6) is -5.34. The first-order valence-corrected chi connectivity index (χ1v) is 17.4. The zero-order chi connectivity index (χ0) is 38.9. The van der Waals surface area contributed by atoms with Crippen molar-refractivity contribution >= 4 is 34.4 Å². The number of para-hydroxylation sites is 1. The van der Waals surface area contributed by atoms with Gasteiger partial charge in [0.05, 0.1) is 41.4 Å². The largest absolute Gasteiger partial charge is 0.507 e. The highest BCUT2D eigenvalue weighted by Gasteiger charge is 2.56. The quantitative estimate of drug-likeness (QED) is 0.0804. The highest BCUT2D eigenvalue weighted by Crippen LogP contribution is 2.49. The summed E-state index contributed by atoms with van der Waals surface area (Å²) in [7, 11) is 0. The molecule has 4 aromatic carbocycles. The number of hydrogen-bond acceptors (Lipinski definition) is 6. The number of anilines is 1. The van der Waals surface area contributed by atoms with Crippen molar-refractivity contribution in [3.63, 3.8) is 0 Å². The van der Waals surface area contributed by atoms with Gasteiger partial charge in [-0.05, 0) is 84.2 Å². The van der Waals surface area contributed by atoms with E-state index in [-0.39, 0.29) is 36.8 Å². The molecule has 4 aromatic rings. The smallest absolute Gasteiger partial charge is 0.416 e. The Hall–Kier alpha value is -5.14. The van der Waals surface area contributed by atoms with E-state index in [0.29, 0.717) is 46.6 Å². The van der Waals surface area contributed by atoms with Crippen LogP contribution >= 0.6 is 0 Å². The van der Waals surface area contributed by atoms with Crippen LogP contribution in [0.4, 0.5) is 32.0 Å². The Kier molecular flexibility index (Phi) is 10.9. The Morgan fingerprint density at radius 3 is 2.13 bits per heavy atom. The van der Waals surface area contributed by atoms with E-state index in [1.807, 2.05) is 31.2 Å². The topological polar surface area (TPSA) is 107 Å². The summed E-state index contributed by atoms with van der Waals surface area (Å²) >= 11 is 0. The van der Waals surface area contributed by atoms with Crippen molar-refractivity contribution in [2.45, 2.75) is 51.1 Å². The molecule has 1 aliphatic heterocycles. The van der Waals surface area contributed by atoms with Gasteiger partial charge in [-0.2, -0.15) is 26.3 Å². The summed E-state index contributed by atoms with van der Waals surface area (Å²) in [6.07, 6.45) is -8.87. The third kappa shape index (κ3) is 7.74. The maximum Gasteiger partial charge on any atom is 0.416 e. The van der Waals surface area contributed by atoms with E-state index in [1.54, 1.807) is 48.5 Å². The molecule has 3 N–H and O–H groups in total. The Morgan fingerprint density at radius 2 is 1.52 bits per heavy atom. The van der Waals surface area contributed by atoms with Gasteiger partial charge < -0.3 is 20.1 Å². The van der Waals surface area contributed by atoms with Crippen LogP contribution in [-0.4, -0.2) is 46.5 Å². The fourth-order valence-electron chi connectivity index (χ4n) is 7.58. The van der Waals surface area contributed by atoms with E-state index < -0.39 is 71.4 Å².